The number of piperidine rings is 1. The normalized spacial score (nSPS) is 28.4. The molecule has 0 bridgehead atoms. The number of rotatable bonds is 5. The summed E-state index contributed by atoms with van der Waals surface area (Å²) < 4.78 is 47.6. The van der Waals surface area contributed by atoms with E-state index in [1.165, 1.54) is 13.2 Å². The Hall–Kier alpha value is -2.03. The van der Waals surface area contributed by atoms with Gasteiger partial charge in [0.2, 0.25) is 11.8 Å². The molecule has 2 atom stereocenters. The quantitative estimate of drug-likeness (QED) is 0.796. The number of hydrogen-bond acceptors (Lipinski definition) is 5. The number of halogens is 3. The lowest BCUT2D eigenvalue weighted by molar-refractivity contribution is -0.122. The molecule has 154 valence electrons. The second-order valence-corrected chi connectivity index (χ2v) is 8.02. The number of hydrogen-bond donors (Lipinski definition) is 2. The van der Waals surface area contributed by atoms with E-state index in [-0.39, 0.29) is 43.2 Å². The minimum Gasteiger partial charge on any atom is -0.481 e. The Morgan fingerprint density at radius 2 is 2.25 bits per heavy atom. The minimum absolute atomic E-state index is 0.0335. The number of carbonyl (C=O) groups excluding carboxylic acids is 1. The van der Waals surface area contributed by atoms with E-state index in [0.717, 1.165) is 19.4 Å². The Labute approximate surface area is 161 Å². The highest BCUT2D eigenvalue weighted by atomic mass is 19.3. The summed E-state index contributed by atoms with van der Waals surface area (Å²) in [6.07, 6.45) is 2.60. The maximum absolute atomic E-state index is 14.8. The lowest BCUT2D eigenvalue weighted by Crippen LogP contribution is -2.40. The fourth-order valence-electron chi connectivity index (χ4n) is 4.38. The summed E-state index contributed by atoms with van der Waals surface area (Å²) in [4.78, 5) is 18.0. The molecule has 9 heteroatoms. The van der Waals surface area contributed by atoms with Crippen LogP contribution in [0.5, 0.6) is 5.88 Å². The van der Waals surface area contributed by atoms with Gasteiger partial charge in [-0.1, -0.05) is 0 Å². The van der Waals surface area contributed by atoms with Gasteiger partial charge in [-0.2, -0.15) is 4.98 Å². The van der Waals surface area contributed by atoms with Crippen LogP contribution in [-0.4, -0.2) is 49.6 Å². The number of nitrogens with one attached hydrogen (secondary N) is 2. The zero-order valence-corrected chi connectivity index (χ0v) is 15.9. The predicted molar refractivity (Wildman–Crippen MR) is 97.1 cm³/mol. The Bertz CT molecular complexity index is 770. The van der Waals surface area contributed by atoms with Crippen LogP contribution in [0.3, 0.4) is 0 Å². The van der Waals surface area contributed by atoms with Crippen LogP contribution in [0.2, 0.25) is 0 Å². The van der Waals surface area contributed by atoms with Gasteiger partial charge in [-0.15, -0.1) is 0 Å². The molecule has 3 aliphatic rings. The highest BCUT2D eigenvalue weighted by Gasteiger charge is 2.71. The average Bonchev–Trinajstić information content (AvgIpc) is 3.05. The van der Waals surface area contributed by atoms with Crippen molar-refractivity contribution in [3.63, 3.8) is 0 Å². The lowest BCUT2D eigenvalue weighted by Gasteiger charge is -2.34. The second kappa shape index (κ2) is 7.09. The molecule has 1 aliphatic carbocycles. The third kappa shape index (κ3) is 3.40. The van der Waals surface area contributed by atoms with Crippen LogP contribution in [0.1, 0.15) is 37.7 Å². The van der Waals surface area contributed by atoms with Crippen LogP contribution >= 0.6 is 0 Å². The van der Waals surface area contributed by atoms with Crippen molar-refractivity contribution in [2.75, 3.05) is 31.6 Å². The maximum Gasteiger partial charge on any atom is 0.256 e. The van der Waals surface area contributed by atoms with Gasteiger partial charge in [0.05, 0.1) is 18.6 Å². The molecule has 1 aromatic heterocycles. The maximum atomic E-state index is 14.8. The number of pyridine rings is 1. The molecule has 1 unspecified atom stereocenters. The topological polar surface area (TPSA) is 66.5 Å². The van der Waals surface area contributed by atoms with Crippen LogP contribution < -0.4 is 20.3 Å². The van der Waals surface area contributed by atoms with Crippen LogP contribution in [0.25, 0.3) is 0 Å². The van der Waals surface area contributed by atoms with Gasteiger partial charge in [-0.25, -0.2) is 13.2 Å². The first-order chi connectivity index (χ1) is 13.4. The first kappa shape index (κ1) is 19.3. The second-order valence-electron chi connectivity index (χ2n) is 8.02. The summed E-state index contributed by atoms with van der Waals surface area (Å²) in [5.74, 6) is -3.18. The molecular weight excluding hydrogens is 373 g/mol. The van der Waals surface area contributed by atoms with E-state index >= 15 is 0 Å². The summed E-state index contributed by atoms with van der Waals surface area (Å²) in [7, 11) is 1.42. The molecular formula is C19H25F3N4O2. The van der Waals surface area contributed by atoms with Gasteiger partial charge in [0.1, 0.15) is 0 Å². The van der Waals surface area contributed by atoms with Crippen molar-refractivity contribution in [3.05, 3.63) is 17.4 Å². The van der Waals surface area contributed by atoms with Gasteiger partial charge in [0.15, 0.2) is 11.6 Å². The molecule has 3 heterocycles. The summed E-state index contributed by atoms with van der Waals surface area (Å²) in [6, 6.07) is 1.04. The third-order valence-corrected chi connectivity index (χ3v) is 6.11. The zero-order chi connectivity index (χ0) is 19.9. The molecule has 1 saturated carbocycles. The lowest BCUT2D eigenvalue weighted by atomic mass is 9.94. The third-order valence-electron chi connectivity index (χ3n) is 6.11. The standard InChI is InChI=1S/C19H25F3N4O2/c1-28-17-12(9-24-16(27)14-4-2-6-23-14)8-13(20)15(25-17)26-7-3-5-18(11-26)10-19(18,21)22/h8,14,23H,2-7,9-11H2,1H3,(H,24,27)/t14-,18?/m0/s1. The average molecular weight is 398 g/mol. The van der Waals surface area contributed by atoms with E-state index in [2.05, 4.69) is 15.6 Å². The molecule has 6 nitrogen and oxygen atoms in total. The Kier molecular flexibility index (Phi) is 4.89. The van der Waals surface area contributed by atoms with Crippen molar-refractivity contribution in [1.29, 1.82) is 0 Å². The molecule has 1 spiro atoms. The predicted octanol–water partition coefficient (Wildman–Crippen LogP) is 2.22. The smallest absolute Gasteiger partial charge is 0.256 e. The molecule has 2 saturated heterocycles. The van der Waals surface area contributed by atoms with Gasteiger partial charge < -0.3 is 20.3 Å². The Morgan fingerprint density at radius 1 is 1.46 bits per heavy atom. The molecule has 0 aromatic carbocycles. The fraction of sp³-hybridized carbons (Fsp3) is 0.684. The molecule has 0 radical (unpaired) electrons. The van der Waals surface area contributed by atoms with Crippen molar-refractivity contribution < 1.29 is 22.7 Å². The van der Waals surface area contributed by atoms with Gasteiger partial charge in [-0.05, 0) is 38.3 Å². The first-order valence-corrected chi connectivity index (χ1v) is 9.72. The number of aromatic nitrogens is 1. The van der Waals surface area contributed by atoms with Gasteiger partial charge in [0, 0.05) is 31.6 Å². The van der Waals surface area contributed by atoms with Gasteiger partial charge in [0.25, 0.3) is 5.92 Å². The number of anilines is 1. The SMILES string of the molecule is COc1nc(N2CCCC3(C2)CC3(F)F)c(F)cc1CNC(=O)[C@@H]1CCCN1. The Balaban J connectivity index is 1.48. The number of ether oxygens (including phenoxy) is 1. The molecule has 1 amide bonds. The number of nitrogens with zero attached hydrogens (tertiary/aromatic N) is 2. The largest absolute Gasteiger partial charge is 0.481 e. The fourth-order valence-corrected chi connectivity index (χ4v) is 4.38. The molecule has 28 heavy (non-hydrogen) atoms. The monoisotopic (exact) mass is 398 g/mol. The highest BCUT2D eigenvalue weighted by Crippen LogP contribution is 2.64. The van der Waals surface area contributed by atoms with Gasteiger partial charge in [-0.3, -0.25) is 4.79 Å². The van der Waals surface area contributed by atoms with Crippen molar-refractivity contribution in [3.8, 4) is 5.88 Å². The summed E-state index contributed by atoms with van der Waals surface area (Å²) in [6.45, 7) is 1.47. The van der Waals surface area contributed by atoms with Crippen molar-refractivity contribution >= 4 is 11.7 Å². The summed E-state index contributed by atoms with van der Waals surface area (Å²) >= 11 is 0. The van der Waals surface area contributed by atoms with E-state index in [1.807, 2.05) is 0 Å². The van der Waals surface area contributed by atoms with Gasteiger partial charge >= 0.3 is 0 Å². The van der Waals surface area contributed by atoms with Crippen LogP contribution in [-0.2, 0) is 11.3 Å². The van der Waals surface area contributed by atoms with Crippen molar-refractivity contribution in [2.24, 2.45) is 5.41 Å². The van der Waals surface area contributed by atoms with Crippen LogP contribution in [0, 0.1) is 11.2 Å². The van der Waals surface area contributed by atoms with E-state index < -0.39 is 17.2 Å². The summed E-state index contributed by atoms with van der Waals surface area (Å²) in [5, 5.41) is 5.88. The summed E-state index contributed by atoms with van der Waals surface area (Å²) in [5.41, 5.74) is -0.633. The molecule has 1 aromatic rings. The van der Waals surface area contributed by atoms with Crippen LogP contribution in [0.4, 0.5) is 19.0 Å². The van der Waals surface area contributed by atoms with E-state index in [4.69, 9.17) is 4.74 Å². The number of amides is 1. The molecule has 2 N–H and O–H groups in total. The zero-order valence-electron chi connectivity index (χ0n) is 15.9. The number of methoxy groups -OCH3 is 1. The number of alkyl halides is 2. The van der Waals surface area contributed by atoms with Crippen molar-refractivity contribution in [1.82, 2.24) is 15.6 Å². The van der Waals surface area contributed by atoms with E-state index in [0.29, 0.717) is 24.9 Å². The van der Waals surface area contributed by atoms with E-state index in [9.17, 15) is 18.0 Å². The van der Waals surface area contributed by atoms with Crippen molar-refractivity contribution in [2.45, 2.75) is 50.6 Å². The minimum atomic E-state index is -2.68. The molecule has 2 aliphatic heterocycles. The van der Waals surface area contributed by atoms with Crippen LogP contribution in [0.15, 0.2) is 6.07 Å². The van der Waals surface area contributed by atoms with E-state index in [1.54, 1.807) is 4.90 Å². The number of carbonyl (C=O) groups is 1. The molecule has 3 fully saturated rings. The molecule has 4 rings (SSSR count). The highest BCUT2D eigenvalue weighted by molar-refractivity contribution is 5.82. The Morgan fingerprint density at radius 3 is 2.89 bits per heavy atom. The first-order valence-electron chi connectivity index (χ1n) is 9.72.